The van der Waals surface area contributed by atoms with E-state index >= 15 is 0 Å². The van der Waals surface area contributed by atoms with E-state index in [2.05, 4.69) is 27.9 Å². The minimum absolute atomic E-state index is 0.0281. The van der Waals surface area contributed by atoms with Gasteiger partial charge in [0.15, 0.2) is 0 Å². The highest BCUT2D eigenvalue weighted by Crippen LogP contribution is 2.16. The molecule has 1 aromatic rings. The van der Waals surface area contributed by atoms with Gasteiger partial charge in [-0.3, -0.25) is 25.2 Å². The zero-order chi connectivity index (χ0) is 17.4. The van der Waals surface area contributed by atoms with Crippen LogP contribution in [-0.2, 0) is 14.4 Å². The van der Waals surface area contributed by atoms with E-state index in [-0.39, 0.29) is 30.6 Å². The molecule has 1 saturated heterocycles. The van der Waals surface area contributed by atoms with Crippen LogP contribution in [0.15, 0.2) is 30.3 Å². The first-order valence-corrected chi connectivity index (χ1v) is 8.25. The summed E-state index contributed by atoms with van der Waals surface area (Å²) in [5, 5.41) is 0. The number of rotatable bonds is 5. The highest BCUT2D eigenvalue weighted by Gasteiger charge is 2.21. The van der Waals surface area contributed by atoms with Crippen LogP contribution in [0.2, 0.25) is 0 Å². The second-order valence-corrected chi connectivity index (χ2v) is 5.65. The predicted molar refractivity (Wildman–Crippen MR) is 91.0 cm³/mol. The third-order valence-electron chi connectivity index (χ3n) is 3.98. The Balaban J connectivity index is 1.69. The minimum Gasteiger partial charge on any atom is -0.368 e. The number of nitrogens with zero attached hydrogens (tertiary/aromatic N) is 2. The monoisotopic (exact) mass is 332 g/mol. The van der Waals surface area contributed by atoms with E-state index in [1.54, 1.807) is 11.8 Å². The summed E-state index contributed by atoms with van der Waals surface area (Å²) in [5.74, 6) is -0.639. The van der Waals surface area contributed by atoms with E-state index in [4.69, 9.17) is 0 Å². The van der Waals surface area contributed by atoms with Crippen molar-refractivity contribution in [3.8, 4) is 0 Å². The molecule has 2 N–H and O–H groups in total. The summed E-state index contributed by atoms with van der Waals surface area (Å²) in [7, 11) is 0. The van der Waals surface area contributed by atoms with E-state index in [9.17, 15) is 14.4 Å². The molecule has 0 saturated carbocycles. The van der Waals surface area contributed by atoms with Crippen LogP contribution in [0.3, 0.4) is 0 Å². The molecule has 1 aliphatic rings. The van der Waals surface area contributed by atoms with E-state index in [0.29, 0.717) is 19.5 Å². The van der Waals surface area contributed by atoms with Crippen molar-refractivity contribution in [2.24, 2.45) is 0 Å². The summed E-state index contributed by atoms with van der Waals surface area (Å²) in [6, 6.07) is 10.1. The van der Waals surface area contributed by atoms with Crippen LogP contribution in [0.25, 0.3) is 0 Å². The molecule has 0 unspecified atom stereocenters. The van der Waals surface area contributed by atoms with Gasteiger partial charge in [-0.25, -0.2) is 0 Å². The van der Waals surface area contributed by atoms with E-state index < -0.39 is 0 Å². The Kier molecular flexibility index (Phi) is 6.60. The quantitative estimate of drug-likeness (QED) is 0.777. The van der Waals surface area contributed by atoms with Gasteiger partial charge >= 0.3 is 0 Å². The fourth-order valence-electron chi connectivity index (χ4n) is 2.52. The minimum atomic E-state index is -0.354. The van der Waals surface area contributed by atoms with Crippen molar-refractivity contribution < 1.29 is 14.4 Å². The van der Waals surface area contributed by atoms with Crippen molar-refractivity contribution in [1.29, 1.82) is 0 Å². The van der Waals surface area contributed by atoms with Crippen LogP contribution in [0.5, 0.6) is 0 Å². The first kappa shape index (κ1) is 17.8. The fraction of sp³-hybridized carbons (Fsp3) is 0.471. The summed E-state index contributed by atoms with van der Waals surface area (Å²) in [6.07, 6.45) is 0.520. The molecule has 2 rings (SSSR count). The fourth-order valence-corrected chi connectivity index (χ4v) is 2.52. The van der Waals surface area contributed by atoms with Gasteiger partial charge in [0.05, 0.1) is 0 Å². The Bertz CT molecular complexity index is 568. The number of carbonyl (C=O) groups excluding carboxylic acids is 3. The van der Waals surface area contributed by atoms with Gasteiger partial charge in [-0.15, -0.1) is 0 Å². The number of anilines is 1. The molecule has 3 amide bonds. The topological polar surface area (TPSA) is 81.8 Å². The lowest BCUT2D eigenvalue weighted by molar-refractivity contribution is -0.134. The zero-order valence-corrected chi connectivity index (χ0v) is 14.0. The Hall–Kier alpha value is -2.57. The maximum Gasteiger partial charge on any atom is 0.238 e. The molecular weight excluding hydrogens is 308 g/mol. The molecule has 0 aromatic heterocycles. The molecular formula is C17H24N4O3. The smallest absolute Gasteiger partial charge is 0.238 e. The average molecular weight is 332 g/mol. The Labute approximate surface area is 142 Å². The van der Waals surface area contributed by atoms with Gasteiger partial charge in [-0.1, -0.05) is 25.1 Å². The molecule has 0 spiro atoms. The summed E-state index contributed by atoms with van der Waals surface area (Å²) in [5.41, 5.74) is 5.75. The molecule has 1 fully saturated rings. The van der Waals surface area contributed by atoms with Crippen molar-refractivity contribution in [1.82, 2.24) is 15.8 Å². The number of nitrogens with one attached hydrogen (secondary N) is 2. The molecule has 1 aromatic carbocycles. The van der Waals surface area contributed by atoms with Gasteiger partial charge < -0.3 is 9.80 Å². The summed E-state index contributed by atoms with van der Waals surface area (Å²) in [6.45, 7) is 4.58. The van der Waals surface area contributed by atoms with E-state index in [0.717, 1.165) is 18.8 Å². The normalized spacial score (nSPS) is 14.2. The standard InChI is InChI=1S/C17H24N4O3/c1-2-15(22)18-19-16(23)8-9-17(24)21-12-10-20(11-13-21)14-6-4-3-5-7-14/h3-7H,2,8-13H2,1H3,(H,18,22)(H,19,23). The molecule has 1 heterocycles. The Morgan fingerprint density at radius 1 is 0.917 bits per heavy atom. The largest absolute Gasteiger partial charge is 0.368 e. The zero-order valence-electron chi connectivity index (χ0n) is 14.0. The van der Waals surface area contributed by atoms with Crippen molar-refractivity contribution in [3.05, 3.63) is 30.3 Å². The van der Waals surface area contributed by atoms with Gasteiger partial charge in [0, 0.05) is 51.1 Å². The number of hydrogen-bond donors (Lipinski definition) is 2. The Morgan fingerprint density at radius 3 is 2.17 bits per heavy atom. The second-order valence-electron chi connectivity index (χ2n) is 5.65. The number of piperazine rings is 1. The molecule has 7 nitrogen and oxygen atoms in total. The summed E-state index contributed by atoms with van der Waals surface area (Å²) in [4.78, 5) is 38.8. The maximum atomic E-state index is 12.2. The van der Waals surface area contributed by atoms with E-state index in [1.165, 1.54) is 0 Å². The van der Waals surface area contributed by atoms with Crippen LogP contribution < -0.4 is 15.8 Å². The molecule has 0 radical (unpaired) electrons. The number of hydrogen-bond acceptors (Lipinski definition) is 4. The SMILES string of the molecule is CCC(=O)NNC(=O)CCC(=O)N1CCN(c2ccccc2)CC1. The number of para-hydroxylation sites is 1. The molecule has 130 valence electrons. The first-order valence-electron chi connectivity index (χ1n) is 8.25. The highest BCUT2D eigenvalue weighted by atomic mass is 16.2. The molecule has 1 aliphatic heterocycles. The van der Waals surface area contributed by atoms with Crippen LogP contribution >= 0.6 is 0 Å². The van der Waals surface area contributed by atoms with Crippen molar-refractivity contribution in [2.45, 2.75) is 26.2 Å². The molecule has 0 bridgehead atoms. The number of carbonyl (C=O) groups is 3. The average Bonchev–Trinajstić information content (AvgIpc) is 2.64. The van der Waals surface area contributed by atoms with Crippen LogP contribution in [-0.4, -0.2) is 48.8 Å². The van der Waals surface area contributed by atoms with Gasteiger partial charge in [0.2, 0.25) is 17.7 Å². The molecule has 7 heteroatoms. The van der Waals surface area contributed by atoms with E-state index in [1.807, 2.05) is 18.2 Å². The predicted octanol–water partition coefficient (Wildman–Crippen LogP) is 0.673. The van der Waals surface area contributed by atoms with Crippen LogP contribution in [0.1, 0.15) is 26.2 Å². The Morgan fingerprint density at radius 2 is 1.54 bits per heavy atom. The highest BCUT2D eigenvalue weighted by molar-refractivity contribution is 5.85. The van der Waals surface area contributed by atoms with Gasteiger partial charge in [-0.2, -0.15) is 0 Å². The third kappa shape index (κ3) is 5.26. The summed E-state index contributed by atoms with van der Waals surface area (Å²) < 4.78 is 0. The molecule has 24 heavy (non-hydrogen) atoms. The number of amides is 3. The van der Waals surface area contributed by atoms with Gasteiger partial charge in [0.1, 0.15) is 0 Å². The van der Waals surface area contributed by atoms with Crippen LogP contribution in [0.4, 0.5) is 5.69 Å². The number of hydrazine groups is 1. The number of benzene rings is 1. The van der Waals surface area contributed by atoms with Crippen molar-refractivity contribution in [3.63, 3.8) is 0 Å². The third-order valence-corrected chi connectivity index (χ3v) is 3.98. The van der Waals surface area contributed by atoms with Crippen molar-refractivity contribution >= 4 is 23.4 Å². The molecule has 0 aliphatic carbocycles. The maximum absolute atomic E-state index is 12.2. The van der Waals surface area contributed by atoms with Crippen molar-refractivity contribution in [2.75, 3.05) is 31.1 Å². The lowest BCUT2D eigenvalue weighted by atomic mass is 10.2. The summed E-state index contributed by atoms with van der Waals surface area (Å²) >= 11 is 0. The van der Waals surface area contributed by atoms with Gasteiger partial charge in [0.25, 0.3) is 0 Å². The molecule has 0 atom stereocenters. The van der Waals surface area contributed by atoms with Gasteiger partial charge in [-0.05, 0) is 12.1 Å². The first-order chi connectivity index (χ1) is 11.6. The lowest BCUT2D eigenvalue weighted by Gasteiger charge is -2.36. The lowest BCUT2D eigenvalue weighted by Crippen LogP contribution is -2.49. The second kappa shape index (κ2) is 8.90. The van der Waals surface area contributed by atoms with Crippen LogP contribution in [0, 0.1) is 0 Å².